The van der Waals surface area contributed by atoms with Crippen molar-refractivity contribution in [1.82, 2.24) is 0 Å². The summed E-state index contributed by atoms with van der Waals surface area (Å²) in [6.07, 6.45) is -4.52. The molecule has 1 aromatic heterocycles. The van der Waals surface area contributed by atoms with Crippen molar-refractivity contribution in [2.45, 2.75) is 37.5 Å². The van der Waals surface area contributed by atoms with Crippen LogP contribution in [0.15, 0.2) is 65.3 Å². The van der Waals surface area contributed by atoms with Crippen LogP contribution in [0.1, 0.15) is 36.4 Å². The van der Waals surface area contributed by atoms with E-state index in [4.69, 9.17) is 4.42 Å². The van der Waals surface area contributed by atoms with Crippen molar-refractivity contribution >= 4 is 17.3 Å². The van der Waals surface area contributed by atoms with Gasteiger partial charge in [0.2, 0.25) is 0 Å². The quantitative estimate of drug-likeness (QED) is 0.447. The van der Waals surface area contributed by atoms with Gasteiger partial charge >= 0.3 is 6.18 Å². The van der Waals surface area contributed by atoms with Crippen LogP contribution in [0.4, 0.5) is 28.9 Å². The number of β-amino-alcohol motifs (C(OH)–C–C–N with tert-alkyl or cyclic N) is 1. The van der Waals surface area contributed by atoms with Gasteiger partial charge in [0.1, 0.15) is 11.6 Å². The number of alkyl halides is 3. The number of hydrogen-bond donors (Lipinski definition) is 2. The Morgan fingerprint density at radius 3 is 2.36 bits per heavy atom. The highest BCUT2D eigenvalue weighted by Crippen LogP contribution is 2.45. The van der Waals surface area contributed by atoms with Gasteiger partial charge in [-0.05, 0) is 54.3 Å². The van der Waals surface area contributed by atoms with E-state index in [-0.39, 0.29) is 30.2 Å². The van der Waals surface area contributed by atoms with Crippen LogP contribution in [0.3, 0.4) is 0 Å². The summed E-state index contributed by atoms with van der Waals surface area (Å²) in [7, 11) is 0. The molecule has 0 saturated carbocycles. The monoisotopic (exact) mass is 506 g/mol. The molecule has 1 aliphatic heterocycles. The van der Waals surface area contributed by atoms with Crippen molar-refractivity contribution in [2.24, 2.45) is 0 Å². The van der Waals surface area contributed by atoms with Gasteiger partial charge in [-0.25, -0.2) is 4.39 Å². The Morgan fingerprint density at radius 2 is 1.72 bits per heavy atom. The number of furan rings is 1. The highest BCUT2D eigenvalue weighted by molar-refractivity contribution is 6.06. The highest BCUT2D eigenvalue weighted by Gasteiger charge is 2.57. The molecule has 1 amide bonds. The number of nitrogens with zero attached hydrogens (tertiary/aromatic N) is 2. The summed E-state index contributed by atoms with van der Waals surface area (Å²) in [4.78, 5) is 15.7. The van der Waals surface area contributed by atoms with E-state index >= 15 is 0 Å². The number of anilines is 2. The first-order valence-corrected chi connectivity index (χ1v) is 11.3. The number of benzene rings is 2. The molecule has 2 N–H and O–H groups in total. The normalized spacial score (nSPS) is 16.0. The van der Waals surface area contributed by atoms with Crippen molar-refractivity contribution in [3.63, 3.8) is 0 Å². The lowest BCUT2D eigenvalue weighted by Gasteiger charge is -2.44. The number of fused-ring (bicyclic) bond motifs is 1. The molecule has 6 nitrogen and oxygen atoms in total. The van der Waals surface area contributed by atoms with E-state index in [1.165, 1.54) is 36.0 Å². The second-order valence-electron chi connectivity index (χ2n) is 9.60. The van der Waals surface area contributed by atoms with Gasteiger partial charge in [0, 0.05) is 18.7 Å². The fraction of sp³-hybridized carbons (Fsp3) is 0.346. The number of amides is 1. The predicted molar refractivity (Wildman–Crippen MR) is 126 cm³/mol. The Balaban J connectivity index is 1.66. The third-order valence-corrected chi connectivity index (χ3v) is 6.49. The second-order valence-corrected chi connectivity index (χ2v) is 9.60. The van der Waals surface area contributed by atoms with E-state index in [1.807, 2.05) is 0 Å². The molecule has 3 aromatic rings. The summed E-state index contributed by atoms with van der Waals surface area (Å²) < 4.78 is 62.1. The smallest absolute Gasteiger partial charge is 0.418 e. The van der Waals surface area contributed by atoms with Gasteiger partial charge in [0.05, 0.1) is 24.2 Å². The molecule has 10 heteroatoms. The Labute approximate surface area is 205 Å². The molecule has 0 bridgehead atoms. The number of hydrogen-bond acceptors (Lipinski definition) is 5. The minimum absolute atomic E-state index is 0.0213. The summed E-state index contributed by atoms with van der Waals surface area (Å²) in [5.41, 5.74) is -3.96. The van der Waals surface area contributed by atoms with E-state index < -0.39 is 41.9 Å². The number of aliphatic hydroxyl groups is 1. The molecule has 0 fully saturated rings. The molecule has 0 spiro atoms. The number of phenolic OH excluding ortho intramolecular Hbond substituents is 1. The van der Waals surface area contributed by atoms with Gasteiger partial charge in [-0.3, -0.25) is 4.79 Å². The van der Waals surface area contributed by atoms with Crippen LogP contribution in [0, 0.1) is 5.82 Å². The minimum atomic E-state index is -5.04. The summed E-state index contributed by atoms with van der Waals surface area (Å²) >= 11 is 0. The first-order chi connectivity index (χ1) is 16.8. The maximum Gasteiger partial charge on any atom is 0.418 e. The molecule has 36 heavy (non-hydrogen) atoms. The standard InChI is InChI=1S/C26H26F4N2O4/c1-24(2,18-14-17(27)9-10-21(18)33)15-25(35,26(28,29)30)16-31-11-12-32(20-7-4-3-6-19(20)31)23(34)22-8-5-13-36-22/h3-10,13-14,33,35H,11-12,15-16H2,1-2H3. The van der Waals surface area contributed by atoms with E-state index in [9.17, 15) is 32.6 Å². The van der Waals surface area contributed by atoms with Crippen LogP contribution in [0.25, 0.3) is 0 Å². The average Bonchev–Trinajstić information content (AvgIpc) is 3.34. The number of rotatable bonds is 6. The molecule has 1 unspecified atom stereocenters. The van der Waals surface area contributed by atoms with Crippen LogP contribution in [0.2, 0.25) is 0 Å². The van der Waals surface area contributed by atoms with Crippen molar-refractivity contribution < 1.29 is 37.0 Å². The van der Waals surface area contributed by atoms with Gasteiger partial charge < -0.3 is 24.4 Å². The van der Waals surface area contributed by atoms with Crippen LogP contribution < -0.4 is 9.80 Å². The highest BCUT2D eigenvalue weighted by atomic mass is 19.4. The summed E-state index contributed by atoms with van der Waals surface area (Å²) in [5.74, 6) is -1.40. The molecule has 1 aliphatic rings. The Morgan fingerprint density at radius 1 is 1.03 bits per heavy atom. The Bertz CT molecular complexity index is 1240. The number of para-hydroxylation sites is 2. The Hall–Kier alpha value is -3.53. The largest absolute Gasteiger partial charge is 0.508 e. The topological polar surface area (TPSA) is 77.2 Å². The number of carbonyl (C=O) groups is 1. The number of halogens is 4. The van der Waals surface area contributed by atoms with Crippen LogP contribution in [-0.4, -0.2) is 47.5 Å². The molecule has 192 valence electrons. The zero-order valence-corrected chi connectivity index (χ0v) is 19.7. The first-order valence-electron chi connectivity index (χ1n) is 11.3. The van der Waals surface area contributed by atoms with Gasteiger partial charge in [0.25, 0.3) is 5.91 Å². The molecule has 0 aliphatic carbocycles. The molecule has 0 saturated heterocycles. The Kier molecular flexibility index (Phi) is 6.51. The van der Waals surface area contributed by atoms with Crippen molar-refractivity contribution in [3.05, 3.63) is 78.0 Å². The van der Waals surface area contributed by atoms with Crippen molar-refractivity contribution in [1.29, 1.82) is 0 Å². The fourth-order valence-electron chi connectivity index (χ4n) is 4.77. The summed E-state index contributed by atoms with van der Waals surface area (Å²) in [6.45, 7) is 2.08. The van der Waals surface area contributed by atoms with Crippen LogP contribution >= 0.6 is 0 Å². The van der Waals surface area contributed by atoms with E-state index in [0.717, 1.165) is 18.2 Å². The maximum atomic E-state index is 14.4. The third-order valence-electron chi connectivity index (χ3n) is 6.49. The first kappa shape index (κ1) is 25.6. The zero-order valence-electron chi connectivity index (χ0n) is 19.7. The SMILES string of the molecule is CC(C)(CC(O)(CN1CCN(C(=O)c2ccco2)c2ccccc21)C(F)(F)F)c1cc(F)ccc1O. The molecule has 2 heterocycles. The van der Waals surface area contributed by atoms with Gasteiger partial charge in [-0.15, -0.1) is 0 Å². The molecule has 4 rings (SSSR count). The third kappa shape index (κ3) is 4.77. The van der Waals surface area contributed by atoms with E-state index in [2.05, 4.69) is 0 Å². The fourth-order valence-corrected chi connectivity index (χ4v) is 4.77. The van der Waals surface area contributed by atoms with Gasteiger partial charge in [-0.1, -0.05) is 26.0 Å². The van der Waals surface area contributed by atoms with E-state index in [0.29, 0.717) is 11.4 Å². The minimum Gasteiger partial charge on any atom is -0.508 e. The zero-order chi connectivity index (χ0) is 26.3. The van der Waals surface area contributed by atoms with Crippen LogP contribution in [0.5, 0.6) is 5.75 Å². The van der Waals surface area contributed by atoms with Gasteiger partial charge in [-0.2, -0.15) is 13.2 Å². The van der Waals surface area contributed by atoms with Gasteiger partial charge in [0.15, 0.2) is 11.4 Å². The second kappa shape index (κ2) is 9.16. The van der Waals surface area contributed by atoms with Crippen LogP contribution in [-0.2, 0) is 5.41 Å². The number of aromatic hydroxyl groups is 1. The predicted octanol–water partition coefficient (Wildman–Crippen LogP) is 5.25. The van der Waals surface area contributed by atoms with E-state index in [1.54, 1.807) is 30.3 Å². The molecule has 0 radical (unpaired) electrons. The molecule has 1 atom stereocenters. The lowest BCUT2D eigenvalue weighted by Crippen LogP contribution is -2.58. The summed E-state index contributed by atoms with van der Waals surface area (Å²) in [5, 5.41) is 21.3. The lowest BCUT2D eigenvalue weighted by molar-refractivity contribution is -0.262. The molecule has 2 aromatic carbocycles. The lowest BCUT2D eigenvalue weighted by atomic mass is 9.74. The maximum absolute atomic E-state index is 14.4. The number of carbonyl (C=O) groups excluding carboxylic acids is 1. The number of phenols is 1. The van der Waals surface area contributed by atoms with Crippen molar-refractivity contribution in [3.8, 4) is 5.75 Å². The average molecular weight is 506 g/mol. The molecular formula is C26H26F4N2O4. The summed E-state index contributed by atoms with van der Waals surface area (Å²) in [6, 6.07) is 12.6. The van der Waals surface area contributed by atoms with Crippen molar-refractivity contribution in [2.75, 3.05) is 29.4 Å². The molecular weight excluding hydrogens is 480 g/mol.